The van der Waals surface area contributed by atoms with Gasteiger partial charge in [-0.2, -0.15) is 0 Å². The van der Waals surface area contributed by atoms with Crippen LogP contribution in [0.1, 0.15) is 18.9 Å². The number of fused-ring (bicyclic) bond motifs is 1. The van der Waals surface area contributed by atoms with Gasteiger partial charge in [0, 0.05) is 24.7 Å². The average Bonchev–Trinajstić information content (AvgIpc) is 2.89. The van der Waals surface area contributed by atoms with E-state index in [2.05, 4.69) is 23.2 Å². The Morgan fingerprint density at radius 2 is 1.92 bits per heavy atom. The van der Waals surface area contributed by atoms with Gasteiger partial charge in [0.25, 0.3) is 0 Å². The SMILES string of the molecule is CC1Cc2ccccc2N1CCC(=O)Nc1ccc(F)c(F)c1F. The van der Waals surface area contributed by atoms with Crippen LogP contribution in [-0.4, -0.2) is 18.5 Å². The lowest BCUT2D eigenvalue weighted by atomic mass is 10.1. The number of benzene rings is 2. The number of nitrogens with one attached hydrogen (secondary N) is 1. The summed E-state index contributed by atoms with van der Waals surface area (Å²) in [5.41, 5.74) is 1.97. The van der Waals surface area contributed by atoms with Gasteiger partial charge in [0.2, 0.25) is 5.91 Å². The summed E-state index contributed by atoms with van der Waals surface area (Å²) in [5.74, 6) is -4.71. The lowest BCUT2D eigenvalue weighted by Gasteiger charge is -2.24. The van der Waals surface area contributed by atoms with Gasteiger partial charge < -0.3 is 10.2 Å². The molecule has 2 aromatic rings. The Hall–Kier alpha value is -2.50. The van der Waals surface area contributed by atoms with Crippen molar-refractivity contribution in [2.24, 2.45) is 0 Å². The van der Waals surface area contributed by atoms with E-state index in [1.165, 1.54) is 5.56 Å². The van der Waals surface area contributed by atoms with Crippen LogP contribution in [-0.2, 0) is 11.2 Å². The Morgan fingerprint density at radius 1 is 1.17 bits per heavy atom. The number of amides is 1. The molecule has 0 saturated heterocycles. The van der Waals surface area contributed by atoms with Crippen molar-refractivity contribution in [3.05, 3.63) is 59.4 Å². The zero-order valence-electron chi connectivity index (χ0n) is 13.2. The Labute approximate surface area is 138 Å². The van der Waals surface area contributed by atoms with Gasteiger partial charge in [-0.3, -0.25) is 4.79 Å². The van der Waals surface area contributed by atoms with Crippen LogP contribution in [0.25, 0.3) is 0 Å². The van der Waals surface area contributed by atoms with Gasteiger partial charge in [0.1, 0.15) is 0 Å². The molecule has 24 heavy (non-hydrogen) atoms. The van der Waals surface area contributed by atoms with Crippen LogP contribution in [0, 0.1) is 17.5 Å². The number of nitrogens with zero attached hydrogens (tertiary/aromatic N) is 1. The van der Waals surface area contributed by atoms with Gasteiger partial charge >= 0.3 is 0 Å². The van der Waals surface area contributed by atoms with E-state index < -0.39 is 23.4 Å². The van der Waals surface area contributed by atoms with Gasteiger partial charge in [-0.15, -0.1) is 0 Å². The van der Waals surface area contributed by atoms with E-state index in [1.807, 2.05) is 18.2 Å². The second-order valence-electron chi connectivity index (χ2n) is 5.90. The largest absolute Gasteiger partial charge is 0.368 e. The maximum Gasteiger partial charge on any atom is 0.226 e. The summed E-state index contributed by atoms with van der Waals surface area (Å²) in [7, 11) is 0. The molecule has 2 aromatic carbocycles. The second-order valence-corrected chi connectivity index (χ2v) is 5.90. The van der Waals surface area contributed by atoms with E-state index in [4.69, 9.17) is 0 Å². The van der Waals surface area contributed by atoms with Crippen molar-refractivity contribution in [3.8, 4) is 0 Å². The third-order valence-corrected chi connectivity index (χ3v) is 4.24. The van der Waals surface area contributed by atoms with Crippen LogP contribution in [0.5, 0.6) is 0 Å². The van der Waals surface area contributed by atoms with E-state index in [9.17, 15) is 18.0 Å². The third kappa shape index (κ3) is 3.09. The first kappa shape index (κ1) is 16.4. The number of para-hydroxylation sites is 1. The number of hydrogen-bond donors (Lipinski definition) is 1. The molecule has 0 saturated carbocycles. The zero-order valence-corrected chi connectivity index (χ0v) is 13.2. The van der Waals surface area contributed by atoms with E-state index in [-0.39, 0.29) is 18.2 Å². The van der Waals surface area contributed by atoms with E-state index >= 15 is 0 Å². The molecule has 0 bridgehead atoms. The Bertz CT molecular complexity index is 779. The van der Waals surface area contributed by atoms with Crippen LogP contribution in [0.4, 0.5) is 24.5 Å². The minimum Gasteiger partial charge on any atom is -0.368 e. The topological polar surface area (TPSA) is 32.3 Å². The molecule has 3 rings (SSSR count). The first-order valence-corrected chi connectivity index (χ1v) is 7.75. The summed E-state index contributed by atoms with van der Waals surface area (Å²) in [6.07, 6.45) is 1.03. The molecular formula is C18H17F3N2O. The zero-order chi connectivity index (χ0) is 17.3. The number of halogens is 3. The highest BCUT2D eigenvalue weighted by Gasteiger charge is 2.25. The molecule has 1 unspecified atom stereocenters. The van der Waals surface area contributed by atoms with Crippen molar-refractivity contribution in [2.45, 2.75) is 25.8 Å². The summed E-state index contributed by atoms with van der Waals surface area (Å²) in [4.78, 5) is 14.1. The Balaban J connectivity index is 1.64. The fraction of sp³-hybridized carbons (Fsp3) is 0.278. The summed E-state index contributed by atoms with van der Waals surface area (Å²) < 4.78 is 39.7. The van der Waals surface area contributed by atoms with Crippen molar-refractivity contribution >= 4 is 17.3 Å². The van der Waals surface area contributed by atoms with E-state index in [1.54, 1.807) is 0 Å². The van der Waals surface area contributed by atoms with Crippen LogP contribution in [0.2, 0.25) is 0 Å². The predicted octanol–water partition coefficient (Wildman–Crippen LogP) is 3.88. The number of anilines is 2. The van der Waals surface area contributed by atoms with Crippen molar-refractivity contribution < 1.29 is 18.0 Å². The molecule has 126 valence electrons. The Morgan fingerprint density at radius 3 is 2.71 bits per heavy atom. The van der Waals surface area contributed by atoms with Gasteiger partial charge in [-0.05, 0) is 37.1 Å². The first-order valence-electron chi connectivity index (χ1n) is 7.75. The maximum absolute atomic E-state index is 13.6. The number of hydrogen-bond acceptors (Lipinski definition) is 2. The van der Waals surface area contributed by atoms with E-state index in [0.717, 1.165) is 24.2 Å². The quantitative estimate of drug-likeness (QED) is 0.861. The first-order chi connectivity index (χ1) is 11.5. The van der Waals surface area contributed by atoms with Crippen LogP contribution in [0.3, 0.4) is 0 Å². The molecular weight excluding hydrogens is 317 g/mol. The molecule has 1 amide bonds. The highest BCUT2D eigenvalue weighted by atomic mass is 19.2. The predicted molar refractivity (Wildman–Crippen MR) is 86.5 cm³/mol. The average molecular weight is 334 g/mol. The van der Waals surface area contributed by atoms with Gasteiger partial charge in [0.15, 0.2) is 17.5 Å². The molecule has 0 radical (unpaired) electrons. The number of carbonyl (C=O) groups is 1. The van der Waals surface area contributed by atoms with Crippen molar-refractivity contribution in [2.75, 3.05) is 16.8 Å². The lowest BCUT2D eigenvalue weighted by Crippen LogP contribution is -2.32. The molecule has 0 aliphatic carbocycles. The van der Waals surface area contributed by atoms with Gasteiger partial charge in [-0.25, -0.2) is 13.2 Å². The molecule has 6 heteroatoms. The Kier molecular flexibility index (Phi) is 4.46. The molecule has 3 nitrogen and oxygen atoms in total. The van der Waals surface area contributed by atoms with Crippen molar-refractivity contribution in [3.63, 3.8) is 0 Å². The monoisotopic (exact) mass is 334 g/mol. The molecule has 1 aliphatic rings. The standard InChI is InChI=1S/C18H17F3N2O/c1-11-10-12-4-2-3-5-15(12)23(11)9-8-16(24)22-14-7-6-13(19)17(20)18(14)21/h2-7,11H,8-10H2,1H3,(H,22,24). The van der Waals surface area contributed by atoms with Crippen molar-refractivity contribution in [1.82, 2.24) is 0 Å². The van der Waals surface area contributed by atoms with Crippen LogP contribution < -0.4 is 10.2 Å². The molecule has 0 aromatic heterocycles. The number of carbonyl (C=O) groups excluding carboxylic acids is 1. The third-order valence-electron chi connectivity index (χ3n) is 4.24. The molecule has 1 atom stereocenters. The summed E-state index contributed by atoms with van der Waals surface area (Å²) in [6.45, 7) is 2.54. The highest BCUT2D eigenvalue weighted by Crippen LogP contribution is 2.31. The minimum absolute atomic E-state index is 0.122. The lowest BCUT2D eigenvalue weighted by molar-refractivity contribution is -0.116. The molecule has 1 N–H and O–H groups in total. The molecule has 1 aliphatic heterocycles. The second kappa shape index (κ2) is 6.55. The summed E-state index contributed by atoms with van der Waals surface area (Å²) in [5, 5.41) is 2.29. The van der Waals surface area contributed by atoms with Crippen molar-refractivity contribution in [1.29, 1.82) is 0 Å². The highest BCUT2D eigenvalue weighted by molar-refractivity contribution is 5.91. The van der Waals surface area contributed by atoms with Crippen LogP contribution >= 0.6 is 0 Å². The van der Waals surface area contributed by atoms with Gasteiger partial charge in [-0.1, -0.05) is 18.2 Å². The minimum atomic E-state index is -1.59. The summed E-state index contributed by atoms with van der Waals surface area (Å²) >= 11 is 0. The smallest absolute Gasteiger partial charge is 0.226 e. The molecule has 1 heterocycles. The van der Waals surface area contributed by atoms with E-state index in [0.29, 0.717) is 6.54 Å². The maximum atomic E-state index is 13.6. The normalized spacial score (nSPS) is 16.2. The summed E-state index contributed by atoms with van der Waals surface area (Å²) in [6, 6.07) is 10.1. The number of rotatable bonds is 4. The van der Waals surface area contributed by atoms with Crippen LogP contribution in [0.15, 0.2) is 36.4 Å². The molecule has 0 spiro atoms. The van der Waals surface area contributed by atoms with Gasteiger partial charge in [0.05, 0.1) is 5.69 Å². The fourth-order valence-electron chi connectivity index (χ4n) is 3.03. The molecule has 0 fully saturated rings. The fourth-order valence-corrected chi connectivity index (χ4v) is 3.03.